The topological polar surface area (TPSA) is 32.3 Å². The second-order valence-electron chi connectivity index (χ2n) is 5.86. The van der Waals surface area contributed by atoms with E-state index in [-0.39, 0.29) is 17.8 Å². The van der Waals surface area contributed by atoms with Gasteiger partial charge < -0.3 is 5.32 Å². The van der Waals surface area contributed by atoms with E-state index in [2.05, 4.69) is 5.32 Å². The van der Waals surface area contributed by atoms with Crippen molar-refractivity contribution in [2.75, 3.05) is 7.05 Å². The molecule has 0 bridgehead atoms. The van der Waals surface area contributed by atoms with Gasteiger partial charge in [0.15, 0.2) is 0 Å². The van der Waals surface area contributed by atoms with Crippen LogP contribution >= 0.6 is 22.9 Å². The molecule has 1 aliphatic rings. The number of hydrogen-bond acceptors (Lipinski definition) is 3. The molecule has 122 valence electrons. The summed E-state index contributed by atoms with van der Waals surface area (Å²) in [4.78, 5) is 15.7. The number of halogens is 2. The van der Waals surface area contributed by atoms with Crippen LogP contribution in [0, 0.1) is 5.82 Å². The van der Waals surface area contributed by atoms with Gasteiger partial charge in [0.2, 0.25) is 5.91 Å². The van der Waals surface area contributed by atoms with Crippen LogP contribution in [0.2, 0.25) is 4.34 Å². The molecule has 1 aromatic heterocycles. The van der Waals surface area contributed by atoms with Crippen LogP contribution in [0.25, 0.3) is 0 Å². The van der Waals surface area contributed by atoms with Crippen molar-refractivity contribution in [3.05, 3.63) is 57.0 Å². The molecule has 0 saturated heterocycles. The van der Waals surface area contributed by atoms with Crippen molar-refractivity contribution < 1.29 is 9.18 Å². The fourth-order valence-electron chi connectivity index (χ4n) is 2.53. The van der Waals surface area contributed by atoms with Crippen LogP contribution in [0.5, 0.6) is 0 Å². The van der Waals surface area contributed by atoms with E-state index < -0.39 is 6.04 Å². The maximum absolute atomic E-state index is 13.2. The van der Waals surface area contributed by atoms with E-state index in [0.29, 0.717) is 6.54 Å². The second-order valence-corrected chi connectivity index (χ2v) is 7.66. The number of rotatable bonds is 6. The Morgan fingerprint density at radius 1 is 1.35 bits per heavy atom. The zero-order valence-electron chi connectivity index (χ0n) is 12.8. The smallest absolute Gasteiger partial charge is 0.242 e. The van der Waals surface area contributed by atoms with Gasteiger partial charge in [-0.1, -0.05) is 23.7 Å². The van der Waals surface area contributed by atoms with Gasteiger partial charge in [-0.05, 0) is 49.7 Å². The standard InChI is InChI=1S/C17H18ClFN2OS/c1-21(10-14-8-9-15(18)23-14)16(17(22)20-13-6-7-13)11-2-4-12(19)5-3-11/h2-5,8-9,13,16H,6-7,10H2,1H3,(H,20,22). The summed E-state index contributed by atoms with van der Waals surface area (Å²) < 4.78 is 13.9. The summed E-state index contributed by atoms with van der Waals surface area (Å²) in [5.41, 5.74) is 0.787. The number of hydrogen-bond donors (Lipinski definition) is 1. The SMILES string of the molecule is CN(Cc1ccc(Cl)s1)C(C(=O)NC1CC1)c1ccc(F)cc1. The van der Waals surface area contributed by atoms with Gasteiger partial charge in [0.25, 0.3) is 0 Å². The molecule has 23 heavy (non-hydrogen) atoms. The summed E-state index contributed by atoms with van der Waals surface area (Å²) >= 11 is 7.48. The quantitative estimate of drug-likeness (QED) is 0.852. The molecular weight excluding hydrogens is 335 g/mol. The Morgan fingerprint density at radius 2 is 2.04 bits per heavy atom. The van der Waals surface area contributed by atoms with Crippen LogP contribution in [0.3, 0.4) is 0 Å². The molecule has 1 aliphatic carbocycles. The molecule has 1 aromatic carbocycles. The van der Waals surface area contributed by atoms with Gasteiger partial charge in [0.1, 0.15) is 11.9 Å². The first-order valence-corrected chi connectivity index (χ1v) is 8.72. The summed E-state index contributed by atoms with van der Waals surface area (Å²) in [7, 11) is 1.90. The predicted octanol–water partition coefficient (Wildman–Crippen LogP) is 3.99. The first-order valence-electron chi connectivity index (χ1n) is 7.53. The second kappa shape index (κ2) is 6.99. The molecule has 0 radical (unpaired) electrons. The highest BCUT2D eigenvalue weighted by molar-refractivity contribution is 7.16. The molecule has 3 rings (SSSR count). The zero-order chi connectivity index (χ0) is 16.4. The van der Waals surface area contributed by atoms with Crippen molar-refractivity contribution in [2.45, 2.75) is 31.5 Å². The number of likely N-dealkylation sites (N-methyl/N-ethyl adjacent to an activating group) is 1. The lowest BCUT2D eigenvalue weighted by Crippen LogP contribution is -2.39. The van der Waals surface area contributed by atoms with Gasteiger partial charge in [-0.15, -0.1) is 11.3 Å². The monoisotopic (exact) mass is 352 g/mol. The van der Waals surface area contributed by atoms with Gasteiger partial charge in [-0.25, -0.2) is 4.39 Å². The summed E-state index contributed by atoms with van der Waals surface area (Å²) in [6.07, 6.45) is 2.07. The first-order chi connectivity index (χ1) is 11.0. The molecule has 0 aliphatic heterocycles. The molecule has 1 fully saturated rings. The molecule has 1 saturated carbocycles. The van der Waals surface area contributed by atoms with Crippen LogP contribution in [-0.2, 0) is 11.3 Å². The zero-order valence-corrected chi connectivity index (χ0v) is 14.3. The van der Waals surface area contributed by atoms with E-state index in [1.807, 2.05) is 24.1 Å². The average Bonchev–Trinajstić information content (AvgIpc) is 3.22. The minimum Gasteiger partial charge on any atom is -0.352 e. The van der Waals surface area contributed by atoms with Crippen molar-refractivity contribution in [1.82, 2.24) is 10.2 Å². The van der Waals surface area contributed by atoms with Crippen molar-refractivity contribution in [3.8, 4) is 0 Å². The molecule has 6 heteroatoms. The van der Waals surface area contributed by atoms with Crippen LogP contribution in [0.1, 0.15) is 29.3 Å². The summed E-state index contributed by atoms with van der Waals surface area (Å²) in [5, 5.41) is 3.04. The van der Waals surface area contributed by atoms with Crippen LogP contribution in [-0.4, -0.2) is 23.9 Å². The van der Waals surface area contributed by atoms with Gasteiger partial charge >= 0.3 is 0 Å². The lowest BCUT2D eigenvalue weighted by molar-refractivity contribution is -0.126. The van der Waals surface area contributed by atoms with E-state index in [1.165, 1.54) is 23.5 Å². The minimum absolute atomic E-state index is 0.0377. The number of carbonyl (C=O) groups excluding carboxylic acids is 1. The molecule has 0 spiro atoms. The van der Waals surface area contributed by atoms with Crippen LogP contribution in [0.15, 0.2) is 36.4 Å². The van der Waals surface area contributed by atoms with Crippen molar-refractivity contribution in [2.24, 2.45) is 0 Å². The summed E-state index contributed by atoms with van der Waals surface area (Å²) in [6, 6.07) is 9.78. The van der Waals surface area contributed by atoms with Crippen LogP contribution in [0.4, 0.5) is 4.39 Å². The number of nitrogens with one attached hydrogen (secondary N) is 1. The minimum atomic E-state index is -0.447. The van der Waals surface area contributed by atoms with E-state index in [0.717, 1.165) is 27.6 Å². The fourth-order valence-corrected chi connectivity index (χ4v) is 3.68. The predicted molar refractivity (Wildman–Crippen MR) is 91.1 cm³/mol. The molecule has 1 N–H and O–H groups in total. The summed E-state index contributed by atoms with van der Waals surface area (Å²) in [5.74, 6) is -0.341. The maximum Gasteiger partial charge on any atom is 0.242 e. The molecule has 1 unspecified atom stereocenters. The highest BCUT2D eigenvalue weighted by Crippen LogP contribution is 2.28. The molecule has 1 atom stereocenters. The average molecular weight is 353 g/mol. The molecule has 3 nitrogen and oxygen atoms in total. The summed E-state index contributed by atoms with van der Waals surface area (Å²) in [6.45, 7) is 0.609. The van der Waals surface area contributed by atoms with E-state index >= 15 is 0 Å². The Morgan fingerprint density at radius 3 is 2.61 bits per heavy atom. The van der Waals surface area contributed by atoms with E-state index in [4.69, 9.17) is 11.6 Å². The largest absolute Gasteiger partial charge is 0.352 e. The lowest BCUT2D eigenvalue weighted by Gasteiger charge is -2.27. The van der Waals surface area contributed by atoms with Gasteiger partial charge in [0.05, 0.1) is 4.34 Å². The maximum atomic E-state index is 13.2. The third-order valence-electron chi connectivity index (χ3n) is 3.83. The number of carbonyl (C=O) groups is 1. The fraction of sp³-hybridized carbons (Fsp3) is 0.353. The molecule has 1 heterocycles. The Balaban J connectivity index is 1.80. The Hall–Kier alpha value is -1.43. The number of benzene rings is 1. The third kappa shape index (κ3) is 4.31. The Bertz CT molecular complexity index is 684. The Labute approximate surface area is 144 Å². The Kier molecular flexibility index (Phi) is 4.99. The van der Waals surface area contributed by atoms with Gasteiger partial charge in [0, 0.05) is 17.5 Å². The van der Waals surface area contributed by atoms with Gasteiger partial charge in [-0.3, -0.25) is 9.69 Å². The lowest BCUT2D eigenvalue weighted by atomic mass is 10.0. The van der Waals surface area contributed by atoms with Gasteiger partial charge in [-0.2, -0.15) is 0 Å². The van der Waals surface area contributed by atoms with E-state index in [1.54, 1.807) is 12.1 Å². The van der Waals surface area contributed by atoms with Crippen molar-refractivity contribution >= 4 is 28.8 Å². The van der Waals surface area contributed by atoms with Crippen LogP contribution < -0.4 is 5.32 Å². The first kappa shape index (κ1) is 16.4. The van der Waals surface area contributed by atoms with Crippen molar-refractivity contribution in [3.63, 3.8) is 0 Å². The number of nitrogens with zero attached hydrogens (tertiary/aromatic N) is 1. The third-order valence-corrected chi connectivity index (χ3v) is 5.05. The highest BCUT2D eigenvalue weighted by Gasteiger charge is 2.30. The molecule has 1 amide bonds. The number of thiophene rings is 1. The van der Waals surface area contributed by atoms with Crippen molar-refractivity contribution in [1.29, 1.82) is 0 Å². The molecule has 2 aromatic rings. The van der Waals surface area contributed by atoms with E-state index in [9.17, 15) is 9.18 Å². The highest BCUT2D eigenvalue weighted by atomic mass is 35.5. The number of amides is 1. The molecular formula is C17H18ClFN2OS. The normalized spacial score (nSPS) is 15.7.